The highest BCUT2D eigenvalue weighted by Crippen LogP contribution is 2.12. The van der Waals surface area contributed by atoms with Gasteiger partial charge in [0.05, 0.1) is 17.8 Å². The molecule has 1 aliphatic heterocycles. The average molecular weight is 298 g/mol. The van der Waals surface area contributed by atoms with E-state index in [2.05, 4.69) is 22.4 Å². The van der Waals surface area contributed by atoms with E-state index < -0.39 is 0 Å². The number of carbonyl (C=O) groups excluding carboxylic acids is 1. The van der Waals surface area contributed by atoms with E-state index in [9.17, 15) is 4.79 Å². The first-order chi connectivity index (χ1) is 10.7. The molecule has 2 aromatic rings. The van der Waals surface area contributed by atoms with Crippen LogP contribution in [0.15, 0.2) is 36.4 Å². The molecular weight excluding hydrogens is 276 g/mol. The number of para-hydroxylation sites is 1. The zero-order chi connectivity index (χ0) is 15.4. The molecule has 0 atom stereocenters. The summed E-state index contributed by atoms with van der Waals surface area (Å²) in [7, 11) is 1.97. The van der Waals surface area contributed by atoms with Crippen LogP contribution in [0.4, 0.5) is 0 Å². The molecule has 1 N–H and O–H groups in total. The lowest BCUT2D eigenvalue weighted by Crippen LogP contribution is -2.49. The molecule has 22 heavy (non-hydrogen) atoms. The Morgan fingerprint density at radius 3 is 2.82 bits per heavy atom. The minimum Gasteiger partial charge on any atom is -0.339 e. The summed E-state index contributed by atoms with van der Waals surface area (Å²) in [5, 5.41) is 4.41. The molecule has 3 rings (SSSR count). The number of piperazine rings is 1. The molecule has 5 nitrogen and oxygen atoms in total. The molecular formula is C17H22N4O. The van der Waals surface area contributed by atoms with Crippen molar-refractivity contribution in [2.75, 3.05) is 39.8 Å². The van der Waals surface area contributed by atoms with Crippen molar-refractivity contribution in [3.63, 3.8) is 0 Å². The molecule has 0 radical (unpaired) electrons. The van der Waals surface area contributed by atoms with Crippen LogP contribution < -0.4 is 5.32 Å². The number of carbonyl (C=O) groups is 1. The van der Waals surface area contributed by atoms with Crippen LogP contribution in [0.3, 0.4) is 0 Å². The lowest BCUT2D eigenvalue weighted by molar-refractivity contribution is -0.132. The Hall–Kier alpha value is -1.98. The first kappa shape index (κ1) is 14.9. The predicted molar refractivity (Wildman–Crippen MR) is 87.5 cm³/mol. The number of hydrogen-bond acceptors (Lipinski definition) is 4. The first-order valence-electron chi connectivity index (χ1n) is 7.74. The molecule has 5 heteroatoms. The molecule has 1 aromatic carbocycles. The van der Waals surface area contributed by atoms with Gasteiger partial charge < -0.3 is 10.2 Å². The fourth-order valence-corrected chi connectivity index (χ4v) is 2.77. The summed E-state index contributed by atoms with van der Waals surface area (Å²) in [4.78, 5) is 20.9. The van der Waals surface area contributed by atoms with E-state index in [0.717, 1.165) is 42.8 Å². The number of hydrogen-bond donors (Lipinski definition) is 1. The van der Waals surface area contributed by atoms with Gasteiger partial charge in [-0.15, -0.1) is 0 Å². The van der Waals surface area contributed by atoms with Gasteiger partial charge in [-0.05, 0) is 19.2 Å². The lowest BCUT2D eigenvalue weighted by atomic mass is 10.2. The Labute approximate surface area is 130 Å². The van der Waals surface area contributed by atoms with Gasteiger partial charge in [-0.2, -0.15) is 0 Å². The number of amides is 1. The Kier molecular flexibility index (Phi) is 4.65. The van der Waals surface area contributed by atoms with Crippen molar-refractivity contribution in [1.29, 1.82) is 0 Å². The fraction of sp³-hybridized carbons (Fsp3) is 0.412. The van der Waals surface area contributed by atoms with Crippen molar-refractivity contribution >= 4 is 16.8 Å². The van der Waals surface area contributed by atoms with E-state index in [-0.39, 0.29) is 5.91 Å². The Morgan fingerprint density at radius 2 is 2.00 bits per heavy atom. The lowest BCUT2D eigenvalue weighted by Gasteiger charge is -2.29. The van der Waals surface area contributed by atoms with Gasteiger partial charge in [0, 0.05) is 38.1 Å². The van der Waals surface area contributed by atoms with Crippen molar-refractivity contribution in [3.05, 3.63) is 42.1 Å². The summed E-state index contributed by atoms with van der Waals surface area (Å²) in [5.41, 5.74) is 2.00. The summed E-state index contributed by atoms with van der Waals surface area (Å²) >= 11 is 0. The van der Waals surface area contributed by atoms with Crippen LogP contribution in [0.5, 0.6) is 0 Å². The van der Waals surface area contributed by atoms with Crippen LogP contribution in [0.1, 0.15) is 5.69 Å². The van der Waals surface area contributed by atoms with Crippen molar-refractivity contribution in [3.8, 4) is 0 Å². The molecule has 116 valence electrons. The Morgan fingerprint density at radius 1 is 1.23 bits per heavy atom. The van der Waals surface area contributed by atoms with Gasteiger partial charge in [0.1, 0.15) is 0 Å². The number of nitrogens with one attached hydrogen (secondary N) is 1. The number of fused-ring (bicyclic) bond motifs is 1. The number of rotatable bonds is 4. The minimum absolute atomic E-state index is 0.199. The van der Waals surface area contributed by atoms with Crippen LogP contribution in [0.2, 0.25) is 0 Å². The third-order valence-electron chi connectivity index (χ3n) is 3.96. The maximum absolute atomic E-state index is 12.2. The third kappa shape index (κ3) is 3.61. The van der Waals surface area contributed by atoms with Crippen molar-refractivity contribution in [1.82, 2.24) is 20.1 Å². The fourth-order valence-electron chi connectivity index (χ4n) is 2.77. The molecule has 0 aliphatic carbocycles. The largest absolute Gasteiger partial charge is 0.339 e. The third-order valence-corrected chi connectivity index (χ3v) is 3.96. The topological polar surface area (TPSA) is 48.5 Å². The highest BCUT2D eigenvalue weighted by Gasteiger charge is 2.17. The average Bonchev–Trinajstić information content (AvgIpc) is 2.55. The van der Waals surface area contributed by atoms with Crippen molar-refractivity contribution in [2.24, 2.45) is 0 Å². The molecule has 1 aromatic heterocycles. The highest BCUT2D eigenvalue weighted by atomic mass is 16.2. The van der Waals surface area contributed by atoms with Gasteiger partial charge in [0.2, 0.25) is 5.91 Å². The minimum atomic E-state index is 0.199. The van der Waals surface area contributed by atoms with Gasteiger partial charge >= 0.3 is 0 Å². The van der Waals surface area contributed by atoms with Gasteiger partial charge in [-0.3, -0.25) is 14.7 Å². The number of pyridine rings is 1. The van der Waals surface area contributed by atoms with Crippen LogP contribution in [-0.4, -0.2) is 60.5 Å². The monoisotopic (exact) mass is 298 g/mol. The smallest absolute Gasteiger partial charge is 0.236 e. The van der Waals surface area contributed by atoms with Gasteiger partial charge in [-0.1, -0.05) is 24.3 Å². The van der Waals surface area contributed by atoms with Gasteiger partial charge in [0.15, 0.2) is 0 Å². The molecule has 2 heterocycles. The van der Waals surface area contributed by atoms with E-state index >= 15 is 0 Å². The molecule has 1 amide bonds. The van der Waals surface area contributed by atoms with Crippen LogP contribution in [0.25, 0.3) is 10.9 Å². The Bertz CT molecular complexity index is 652. The van der Waals surface area contributed by atoms with Crippen molar-refractivity contribution in [2.45, 2.75) is 6.54 Å². The molecule has 0 bridgehead atoms. The Balaban J connectivity index is 1.60. The number of aromatic nitrogens is 1. The molecule has 1 fully saturated rings. The second-order valence-electron chi connectivity index (χ2n) is 5.80. The van der Waals surface area contributed by atoms with E-state index in [1.165, 1.54) is 0 Å². The summed E-state index contributed by atoms with van der Waals surface area (Å²) < 4.78 is 0. The summed E-state index contributed by atoms with van der Waals surface area (Å²) in [6, 6.07) is 12.2. The number of nitrogens with zero attached hydrogens (tertiary/aromatic N) is 3. The van der Waals surface area contributed by atoms with Gasteiger partial charge in [-0.25, -0.2) is 0 Å². The maximum atomic E-state index is 12.2. The molecule has 0 unspecified atom stereocenters. The second-order valence-corrected chi connectivity index (χ2v) is 5.80. The summed E-state index contributed by atoms with van der Waals surface area (Å²) in [6.07, 6.45) is 0. The van der Waals surface area contributed by atoms with E-state index in [1.54, 1.807) is 0 Å². The second kappa shape index (κ2) is 6.85. The number of likely N-dealkylation sites (N-methyl/N-ethyl adjacent to an activating group) is 1. The van der Waals surface area contributed by atoms with Crippen LogP contribution >= 0.6 is 0 Å². The first-order valence-corrected chi connectivity index (χ1v) is 7.74. The molecule has 1 aliphatic rings. The highest BCUT2D eigenvalue weighted by molar-refractivity contribution is 5.79. The standard InChI is InChI=1S/C17H22N4O/c1-20(13-17(22)21-10-8-18-9-11-21)12-15-7-6-14-4-2-3-5-16(14)19-15/h2-7,18H,8-13H2,1H3. The normalized spacial score (nSPS) is 15.5. The van der Waals surface area contributed by atoms with E-state index in [0.29, 0.717) is 13.1 Å². The molecule has 0 spiro atoms. The van der Waals surface area contributed by atoms with Gasteiger partial charge in [0.25, 0.3) is 0 Å². The molecule has 1 saturated heterocycles. The van der Waals surface area contributed by atoms with Crippen LogP contribution in [0, 0.1) is 0 Å². The van der Waals surface area contributed by atoms with E-state index in [1.807, 2.05) is 41.1 Å². The SMILES string of the molecule is CN(CC(=O)N1CCNCC1)Cc1ccc2ccccc2n1. The zero-order valence-corrected chi connectivity index (χ0v) is 13.0. The predicted octanol–water partition coefficient (Wildman–Crippen LogP) is 1.10. The molecule has 0 saturated carbocycles. The van der Waals surface area contributed by atoms with E-state index in [4.69, 9.17) is 0 Å². The van der Waals surface area contributed by atoms with Crippen molar-refractivity contribution < 1.29 is 4.79 Å². The zero-order valence-electron chi connectivity index (χ0n) is 13.0. The maximum Gasteiger partial charge on any atom is 0.236 e. The summed E-state index contributed by atoms with van der Waals surface area (Å²) in [6.45, 7) is 4.52. The number of benzene rings is 1. The summed E-state index contributed by atoms with van der Waals surface area (Å²) in [5.74, 6) is 0.199. The van der Waals surface area contributed by atoms with Crippen LogP contribution in [-0.2, 0) is 11.3 Å². The quantitative estimate of drug-likeness (QED) is 0.918.